The zero-order valence-electron chi connectivity index (χ0n) is 22.1. The van der Waals surface area contributed by atoms with E-state index >= 15 is 0 Å². The van der Waals surface area contributed by atoms with E-state index in [4.69, 9.17) is 14.2 Å². The van der Waals surface area contributed by atoms with Gasteiger partial charge in [-0.2, -0.15) is 0 Å². The molecular weight excluding hydrogens is 476 g/mol. The van der Waals surface area contributed by atoms with Crippen molar-refractivity contribution in [1.82, 2.24) is 4.90 Å². The summed E-state index contributed by atoms with van der Waals surface area (Å²) in [5.74, 6) is -1.90. The summed E-state index contributed by atoms with van der Waals surface area (Å²) in [4.78, 5) is 44.6. The third kappa shape index (κ3) is 4.52. The van der Waals surface area contributed by atoms with Gasteiger partial charge in [0.05, 0.1) is 44.3 Å². The van der Waals surface area contributed by atoms with Gasteiger partial charge in [0.2, 0.25) is 5.91 Å². The fourth-order valence-electron chi connectivity index (χ4n) is 6.45. The van der Waals surface area contributed by atoms with Crippen LogP contribution in [-0.2, 0) is 23.9 Å². The van der Waals surface area contributed by atoms with Crippen LogP contribution in [0.3, 0.4) is 0 Å². The summed E-state index contributed by atoms with van der Waals surface area (Å²) >= 11 is 0. The first kappa shape index (κ1) is 27.1. The van der Waals surface area contributed by atoms with E-state index in [0.29, 0.717) is 30.7 Å². The second-order valence-corrected chi connectivity index (χ2v) is 10.5. The van der Waals surface area contributed by atoms with Crippen molar-refractivity contribution in [2.75, 3.05) is 31.8 Å². The fraction of sp³-hybridized carbons (Fsp3) is 0.607. The average Bonchev–Trinajstić information content (AvgIpc) is 3.53. The molecule has 0 unspecified atom stereocenters. The highest BCUT2D eigenvalue weighted by Crippen LogP contribution is 2.59. The summed E-state index contributed by atoms with van der Waals surface area (Å²) < 4.78 is 17.1. The Morgan fingerprint density at radius 2 is 2.03 bits per heavy atom. The lowest BCUT2D eigenvalue weighted by molar-refractivity contribution is -0.155. The predicted molar refractivity (Wildman–Crippen MR) is 137 cm³/mol. The molecule has 4 rings (SSSR count). The Morgan fingerprint density at radius 3 is 2.59 bits per heavy atom. The number of rotatable bonds is 11. The lowest BCUT2D eigenvalue weighted by Crippen LogP contribution is -2.59. The largest absolute Gasteiger partial charge is 0.497 e. The van der Waals surface area contributed by atoms with Gasteiger partial charge in [0.15, 0.2) is 0 Å². The second kappa shape index (κ2) is 10.8. The predicted octanol–water partition coefficient (Wildman–Crippen LogP) is 2.56. The molecule has 3 aliphatic rings. The Hall–Kier alpha value is -2.91. The Morgan fingerprint density at radius 1 is 1.32 bits per heavy atom. The minimum atomic E-state index is -1.16. The van der Waals surface area contributed by atoms with Gasteiger partial charge in [0.1, 0.15) is 17.4 Å². The molecule has 0 aliphatic carbocycles. The maximum atomic E-state index is 14.5. The fourth-order valence-corrected chi connectivity index (χ4v) is 6.45. The van der Waals surface area contributed by atoms with E-state index in [1.807, 2.05) is 13.8 Å². The molecule has 1 spiro atoms. The molecule has 0 aromatic heterocycles. The number of aliphatic hydroxyl groups excluding tert-OH is 1. The molecule has 37 heavy (non-hydrogen) atoms. The number of nitrogens with zero attached hydrogens (tertiary/aromatic N) is 2. The zero-order valence-corrected chi connectivity index (χ0v) is 22.1. The quantitative estimate of drug-likeness (QED) is 0.357. The topological polar surface area (TPSA) is 106 Å². The van der Waals surface area contributed by atoms with E-state index in [9.17, 15) is 19.5 Å². The van der Waals surface area contributed by atoms with Gasteiger partial charge in [-0.15, -0.1) is 6.58 Å². The van der Waals surface area contributed by atoms with Crippen molar-refractivity contribution in [3.63, 3.8) is 0 Å². The van der Waals surface area contributed by atoms with Crippen LogP contribution < -0.4 is 9.64 Å². The highest BCUT2D eigenvalue weighted by molar-refractivity contribution is 6.04. The van der Waals surface area contributed by atoms with Crippen LogP contribution >= 0.6 is 0 Å². The highest BCUT2D eigenvalue weighted by Gasteiger charge is 2.75. The number of carbonyl (C=O) groups excluding carboxylic acids is 3. The van der Waals surface area contributed by atoms with E-state index in [2.05, 4.69) is 6.58 Å². The van der Waals surface area contributed by atoms with Crippen molar-refractivity contribution < 1.29 is 33.7 Å². The van der Waals surface area contributed by atoms with Crippen LogP contribution in [0.4, 0.5) is 5.69 Å². The first-order chi connectivity index (χ1) is 17.7. The van der Waals surface area contributed by atoms with Gasteiger partial charge in [0, 0.05) is 12.2 Å². The molecule has 0 radical (unpaired) electrons. The van der Waals surface area contributed by atoms with Gasteiger partial charge < -0.3 is 29.1 Å². The summed E-state index contributed by atoms with van der Waals surface area (Å²) in [6.45, 7) is 9.67. The summed E-state index contributed by atoms with van der Waals surface area (Å²) in [7, 11) is 1.57. The van der Waals surface area contributed by atoms with Crippen LogP contribution in [0.1, 0.15) is 40.0 Å². The number of fused-ring (bicyclic) bond motifs is 1. The first-order valence-electron chi connectivity index (χ1n) is 13.1. The lowest BCUT2D eigenvalue weighted by Gasteiger charge is -2.39. The second-order valence-electron chi connectivity index (χ2n) is 10.5. The summed E-state index contributed by atoms with van der Waals surface area (Å²) in [5.41, 5.74) is -0.538. The van der Waals surface area contributed by atoms with Crippen molar-refractivity contribution in [2.24, 2.45) is 17.8 Å². The maximum absolute atomic E-state index is 14.5. The number of esters is 1. The monoisotopic (exact) mass is 514 g/mol. The number of methoxy groups -OCH3 is 1. The number of ether oxygens (including phenoxy) is 3. The molecule has 202 valence electrons. The van der Waals surface area contributed by atoms with E-state index in [0.717, 1.165) is 0 Å². The van der Waals surface area contributed by atoms with Crippen molar-refractivity contribution >= 4 is 23.5 Å². The number of hydrogen-bond acceptors (Lipinski definition) is 7. The molecule has 1 N–H and O–H groups in total. The molecule has 1 aromatic carbocycles. The summed E-state index contributed by atoms with van der Waals surface area (Å²) in [5, 5.41) is 10.4. The number of anilines is 1. The number of aliphatic hydroxyl groups is 1. The molecule has 3 aliphatic heterocycles. The van der Waals surface area contributed by atoms with E-state index in [-0.39, 0.29) is 37.5 Å². The van der Waals surface area contributed by atoms with Gasteiger partial charge in [-0.1, -0.05) is 19.9 Å². The summed E-state index contributed by atoms with van der Waals surface area (Å²) in [6, 6.07) is 5.51. The van der Waals surface area contributed by atoms with Crippen LogP contribution in [-0.4, -0.2) is 78.4 Å². The van der Waals surface area contributed by atoms with Gasteiger partial charge in [-0.05, 0) is 56.4 Å². The minimum absolute atomic E-state index is 0.169. The molecule has 3 fully saturated rings. The first-order valence-corrected chi connectivity index (χ1v) is 13.1. The standard InChI is InChI=1S/C28H38N2O7/c1-6-14-29(18-8-10-20(35-5)11-9-18)26(33)24-28-13-12-21(37-28)22(27(34)36-7-2)23(28)25(32)30(24)19(16-31)15-17(3)4/h6,8-11,17,19,21-24,31H,1,7,12-16H2,2-5H3/t19-,21-,22+,23+,24-,28+/m1/s1. The third-order valence-corrected chi connectivity index (χ3v) is 7.84. The number of benzene rings is 1. The van der Waals surface area contributed by atoms with Gasteiger partial charge in [-0.3, -0.25) is 14.4 Å². The van der Waals surface area contributed by atoms with E-state index in [1.165, 1.54) is 4.90 Å². The van der Waals surface area contributed by atoms with Gasteiger partial charge >= 0.3 is 5.97 Å². The number of carbonyl (C=O) groups is 3. The zero-order chi connectivity index (χ0) is 26.9. The molecule has 3 heterocycles. The molecular formula is C28H38N2O7. The molecule has 9 heteroatoms. The minimum Gasteiger partial charge on any atom is -0.497 e. The van der Waals surface area contributed by atoms with Gasteiger partial charge in [0.25, 0.3) is 5.91 Å². The molecule has 2 bridgehead atoms. The summed E-state index contributed by atoms with van der Waals surface area (Å²) in [6.07, 6.45) is 2.69. The smallest absolute Gasteiger partial charge is 0.312 e. The third-order valence-electron chi connectivity index (χ3n) is 7.84. The molecule has 0 saturated carbocycles. The number of hydrogen-bond donors (Lipinski definition) is 1. The Labute approximate surface area is 218 Å². The van der Waals surface area contributed by atoms with E-state index < -0.39 is 41.6 Å². The van der Waals surface area contributed by atoms with Crippen LogP contribution in [0.15, 0.2) is 36.9 Å². The lowest BCUT2D eigenvalue weighted by atomic mass is 9.70. The Bertz CT molecular complexity index is 1030. The molecule has 2 amide bonds. The van der Waals surface area contributed by atoms with Crippen molar-refractivity contribution in [2.45, 2.75) is 63.8 Å². The van der Waals surface area contributed by atoms with Crippen LogP contribution in [0.5, 0.6) is 5.75 Å². The van der Waals surface area contributed by atoms with Crippen molar-refractivity contribution in [1.29, 1.82) is 0 Å². The van der Waals surface area contributed by atoms with Crippen LogP contribution in [0.25, 0.3) is 0 Å². The average molecular weight is 515 g/mol. The van der Waals surface area contributed by atoms with E-state index in [1.54, 1.807) is 49.3 Å². The normalized spacial score (nSPS) is 28.8. The highest BCUT2D eigenvalue weighted by atomic mass is 16.6. The maximum Gasteiger partial charge on any atom is 0.312 e. The number of amides is 2. The van der Waals surface area contributed by atoms with Crippen LogP contribution in [0.2, 0.25) is 0 Å². The van der Waals surface area contributed by atoms with Crippen molar-refractivity contribution in [3.05, 3.63) is 36.9 Å². The van der Waals surface area contributed by atoms with Gasteiger partial charge in [-0.25, -0.2) is 0 Å². The SMILES string of the molecule is C=CCN(C(=O)[C@H]1N([C@@H](CO)CC(C)C)C(=O)[C@@H]2[C@@H](C(=O)OCC)[C@H]3CC[C@]21O3)c1ccc(OC)cc1. The van der Waals surface area contributed by atoms with Crippen molar-refractivity contribution in [3.8, 4) is 5.75 Å². The Balaban J connectivity index is 1.80. The Kier molecular flexibility index (Phi) is 7.94. The molecule has 3 saturated heterocycles. The van der Waals surface area contributed by atoms with Crippen LogP contribution in [0, 0.1) is 17.8 Å². The number of likely N-dealkylation sites (tertiary alicyclic amines) is 1. The molecule has 6 atom stereocenters. The molecule has 1 aromatic rings. The molecule has 9 nitrogen and oxygen atoms in total.